The molecule has 1 fully saturated rings. The zero-order valence-corrected chi connectivity index (χ0v) is 11.7. The fourth-order valence-electron chi connectivity index (χ4n) is 1.77. The van der Waals surface area contributed by atoms with Crippen molar-refractivity contribution in [1.29, 1.82) is 0 Å². The minimum atomic E-state index is -0.720. The summed E-state index contributed by atoms with van der Waals surface area (Å²) in [6, 6.07) is -0.269. The summed E-state index contributed by atoms with van der Waals surface area (Å²) in [6.07, 6.45) is 15.8. The monoisotopic (exact) mass is 326 g/mol. The van der Waals surface area contributed by atoms with E-state index in [1.807, 2.05) is 0 Å². The Balaban J connectivity index is 0.000000284. The summed E-state index contributed by atoms with van der Waals surface area (Å²) in [5, 5.41) is 11.2. The summed E-state index contributed by atoms with van der Waals surface area (Å²) < 4.78 is 0. The molecule has 4 heteroatoms. The molecular weight excluding hydrogens is 305 g/mol. The maximum atomic E-state index is 10.1. The number of hydrogen-bond acceptors (Lipinski definition) is 2. The molecule has 0 aromatic carbocycles. The Hall–Kier alpha value is -0.467. The zero-order chi connectivity index (χ0) is 11.6. The second-order valence-corrected chi connectivity index (χ2v) is 4.13. The van der Waals surface area contributed by atoms with Crippen molar-refractivity contribution in [2.45, 2.75) is 44.6 Å². The second kappa shape index (κ2) is 10.7. The molecule has 0 bridgehead atoms. The van der Waals surface area contributed by atoms with E-state index >= 15 is 0 Å². The van der Waals surface area contributed by atoms with E-state index in [1.165, 1.54) is 25.7 Å². The van der Waals surface area contributed by atoms with Crippen LogP contribution in [0.15, 0.2) is 24.3 Å². The minimum Gasteiger partial charge on any atom is -0.480 e. The molecule has 1 radical (unpaired) electrons. The summed E-state index contributed by atoms with van der Waals surface area (Å²) in [5.41, 5.74) is 0. The van der Waals surface area contributed by atoms with Gasteiger partial charge in [-0.05, 0) is 45.1 Å². The van der Waals surface area contributed by atoms with Crippen LogP contribution in [-0.4, -0.2) is 23.7 Å². The molecule has 3 nitrogen and oxygen atoms in total. The topological polar surface area (TPSA) is 49.3 Å². The summed E-state index contributed by atoms with van der Waals surface area (Å²) in [4.78, 5) is 10.1. The second-order valence-electron chi connectivity index (χ2n) is 4.13. The summed E-state index contributed by atoms with van der Waals surface area (Å²) >= 11 is 0. The summed E-state index contributed by atoms with van der Waals surface area (Å²) in [5.74, 6) is -0.720. The van der Waals surface area contributed by atoms with Gasteiger partial charge in [-0.1, -0.05) is 24.3 Å². The Labute approximate surface area is 116 Å². The number of aliphatic carboxylic acids is 1. The molecule has 0 aromatic heterocycles. The smallest absolute Gasteiger partial charge is 0.320 e. The molecule has 17 heavy (non-hydrogen) atoms. The first kappa shape index (κ1) is 16.5. The van der Waals surface area contributed by atoms with E-state index in [9.17, 15) is 4.79 Å². The van der Waals surface area contributed by atoms with Gasteiger partial charge in [-0.3, -0.25) is 4.79 Å². The Morgan fingerprint density at radius 1 is 1.12 bits per heavy atom. The van der Waals surface area contributed by atoms with Crippen molar-refractivity contribution in [2.24, 2.45) is 0 Å². The molecular formula is C13H21NO2Rh. The summed E-state index contributed by atoms with van der Waals surface area (Å²) in [6.45, 7) is 0.858. The molecule has 1 atom stereocenters. The van der Waals surface area contributed by atoms with Crippen LogP contribution < -0.4 is 5.32 Å². The maximum Gasteiger partial charge on any atom is 0.320 e. The van der Waals surface area contributed by atoms with Crippen LogP contribution in [0.1, 0.15) is 38.5 Å². The third-order valence-electron chi connectivity index (χ3n) is 2.73. The molecule has 99 valence electrons. The van der Waals surface area contributed by atoms with E-state index in [1.54, 1.807) is 0 Å². The number of carbonyl (C=O) groups is 1. The van der Waals surface area contributed by atoms with Gasteiger partial charge in [0.05, 0.1) is 0 Å². The third-order valence-corrected chi connectivity index (χ3v) is 2.73. The first-order valence-corrected chi connectivity index (χ1v) is 6.08. The van der Waals surface area contributed by atoms with Gasteiger partial charge in [0.2, 0.25) is 0 Å². The molecule has 0 aromatic rings. The molecule has 2 aliphatic rings. The van der Waals surface area contributed by atoms with Gasteiger partial charge in [0.1, 0.15) is 6.04 Å². The van der Waals surface area contributed by atoms with Crippen LogP contribution >= 0.6 is 0 Å². The molecule has 0 unspecified atom stereocenters. The van der Waals surface area contributed by atoms with Crippen LogP contribution in [0.25, 0.3) is 0 Å². The average Bonchev–Trinajstić information content (AvgIpc) is 2.69. The molecule has 0 amide bonds. The van der Waals surface area contributed by atoms with Crippen molar-refractivity contribution in [1.82, 2.24) is 5.32 Å². The molecule has 1 saturated heterocycles. The Bertz CT molecular complexity index is 244. The van der Waals surface area contributed by atoms with Crippen LogP contribution in [0.5, 0.6) is 0 Å². The zero-order valence-electron chi connectivity index (χ0n) is 10.0. The van der Waals surface area contributed by atoms with Crippen molar-refractivity contribution in [3.05, 3.63) is 24.3 Å². The molecule has 2 N–H and O–H groups in total. The van der Waals surface area contributed by atoms with E-state index < -0.39 is 5.97 Å². The van der Waals surface area contributed by atoms with Gasteiger partial charge in [0.25, 0.3) is 0 Å². The van der Waals surface area contributed by atoms with Gasteiger partial charge in [-0.2, -0.15) is 0 Å². The van der Waals surface area contributed by atoms with Crippen LogP contribution in [-0.2, 0) is 24.3 Å². The van der Waals surface area contributed by atoms with Crippen molar-refractivity contribution in [3.8, 4) is 0 Å². The van der Waals surface area contributed by atoms with Crippen LogP contribution in [0, 0.1) is 0 Å². The van der Waals surface area contributed by atoms with Crippen molar-refractivity contribution >= 4 is 5.97 Å². The largest absolute Gasteiger partial charge is 0.480 e. The molecule has 1 aliphatic carbocycles. The van der Waals surface area contributed by atoms with Gasteiger partial charge < -0.3 is 10.4 Å². The van der Waals surface area contributed by atoms with Gasteiger partial charge >= 0.3 is 5.97 Å². The number of allylic oxidation sites excluding steroid dienone is 4. The quantitative estimate of drug-likeness (QED) is 0.728. The molecule has 0 saturated carbocycles. The SMILES string of the molecule is C1=CCCCCC=C1.O=C(O)[C@@H]1CCCN1.[Rh]. The van der Waals surface area contributed by atoms with E-state index in [0.29, 0.717) is 0 Å². The van der Waals surface area contributed by atoms with Crippen molar-refractivity contribution in [3.63, 3.8) is 0 Å². The maximum absolute atomic E-state index is 10.1. The first-order chi connectivity index (χ1) is 7.80. The average molecular weight is 326 g/mol. The van der Waals surface area contributed by atoms with E-state index in [2.05, 4.69) is 29.6 Å². The predicted octanol–water partition coefficient (Wildman–Crippen LogP) is 2.49. The molecule has 2 rings (SSSR count). The van der Waals surface area contributed by atoms with E-state index in [4.69, 9.17) is 5.11 Å². The minimum absolute atomic E-state index is 0. The standard InChI is InChI=1S/C8H12.C5H9NO2.Rh/c1-2-4-6-8-7-5-3-1;7-5(8)4-2-1-3-6-4;/h1-4H,5-8H2;4,6H,1-3H2,(H,7,8);/t;4-;/m.0./s1. The van der Waals surface area contributed by atoms with E-state index in [-0.39, 0.29) is 25.5 Å². The Morgan fingerprint density at radius 3 is 2.06 bits per heavy atom. The number of hydrogen-bond donors (Lipinski definition) is 2. The Kier molecular flexibility index (Phi) is 10.4. The van der Waals surface area contributed by atoms with Crippen LogP contribution in [0.2, 0.25) is 0 Å². The fourth-order valence-corrected chi connectivity index (χ4v) is 1.77. The predicted molar refractivity (Wildman–Crippen MR) is 65.4 cm³/mol. The van der Waals surface area contributed by atoms with Gasteiger partial charge in [0.15, 0.2) is 0 Å². The number of nitrogens with one attached hydrogen (secondary N) is 1. The first-order valence-electron chi connectivity index (χ1n) is 6.08. The van der Waals surface area contributed by atoms with Crippen LogP contribution in [0.4, 0.5) is 0 Å². The molecule has 0 spiro atoms. The normalized spacial score (nSPS) is 22.7. The molecule has 1 aliphatic heterocycles. The molecule has 1 heterocycles. The van der Waals surface area contributed by atoms with Gasteiger partial charge in [0, 0.05) is 19.5 Å². The van der Waals surface area contributed by atoms with Crippen molar-refractivity contribution < 1.29 is 29.4 Å². The van der Waals surface area contributed by atoms with E-state index in [0.717, 1.165) is 19.4 Å². The Morgan fingerprint density at radius 2 is 1.71 bits per heavy atom. The fraction of sp³-hybridized carbons (Fsp3) is 0.615. The van der Waals surface area contributed by atoms with Gasteiger partial charge in [-0.25, -0.2) is 0 Å². The summed E-state index contributed by atoms with van der Waals surface area (Å²) in [7, 11) is 0. The number of carboxylic acid groups (broad SMARTS) is 1. The number of carboxylic acids is 1. The van der Waals surface area contributed by atoms with Gasteiger partial charge in [-0.15, -0.1) is 0 Å². The van der Waals surface area contributed by atoms with Crippen molar-refractivity contribution in [2.75, 3.05) is 6.54 Å². The third kappa shape index (κ3) is 8.28. The number of rotatable bonds is 1. The van der Waals surface area contributed by atoms with Crippen LogP contribution in [0.3, 0.4) is 0 Å².